The average Bonchev–Trinajstić information content (AvgIpc) is 2.46. The summed E-state index contributed by atoms with van der Waals surface area (Å²) >= 11 is 0. The van der Waals surface area contributed by atoms with Gasteiger partial charge in [0.1, 0.15) is 0 Å². The van der Waals surface area contributed by atoms with E-state index in [4.69, 9.17) is 14.5 Å². The summed E-state index contributed by atoms with van der Waals surface area (Å²) in [6.07, 6.45) is 11.1. The zero-order chi connectivity index (χ0) is 13.3. The lowest BCUT2D eigenvalue weighted by Crippen LogP contribution is -2.45. The van der Waals surface area contributed by atoms with E-state index in [1.807, 2.05) is 0 Å². The Hall–Kier alpha value is -0.520. The molecule has 3 aliphatic rings. The number of hydrogen-bond donors (Lipinski definition) is 0. The third kappa shape index (κ3) is 2.43. The van der Waals surface area contributed by atoms with Gasteiger partial charge in [0, 0.05) is 5.66 Å². The smallest absolute Gasteiger partial charge is 0.286 e. The number of ether oxygens (including phenoxy) is 1. The van der Waals surface area contributed by atoms with E-state index in [0.717, 1.165) is 19.3 Å². The van der Waals surface area contributed by atoms with Gasteiger partial charge >= 0.3 is 0 Å². The molecule has 0 aromatic carbocycles. The molecule has 5 atom stereocenters. The number of fused-ring (bicyclic) bond motifs is 3. The van der Waals surface area contributed by atoms with E-state index in [9.17, 15) is 4.57 Å². The molecule has 0 spiro atoms. The molecule has 1 saturated heterocycles. The molecule has 0 amide bonds. The number of rotatable bonds is 2. The molecule has 3 rings (SSSR count). The van der Waals surface area contributed by atoms with Gasteiger partial charge in [0.25, 0.3) is 6.26 Å². The molecule has 1 heterocycles. The van der Waals surface area contributed by atoms with Crippen LogP contribution in [0.1, 0.15) is 51.4 Å². The van der Waals surface area contributed by atoms with Gasteiger partial charge in [-0.3, -0.25) is 4.57 Å². The Kier molecular flexibility index (Phi) is 3.87. The van der Waals surface area contributed by atoms with E-state index in [0.29, 0.717) is 11.8 Å². The zero-order valence-electron chi connectivity index (χ0n) is 11.3. The van der Waals surface area contributed by atoms with E-state index < -0.39 is 7.37 Å². The largest absolute Gasteiger partial charge is 0.417 e. The molecule has 19 heavy (non-hydrogen) atoms. The van der Waals surface area contributed by atoms with Gasteiger partial charge in [-0.05, 0) is 37.5 Å². The van der Waals surface area contributed by atoms with Gasteiger partial charge in [0.15, 0.2) is 6.35 Å². The van der Waals surface area contributed by atoms with Crippen LogP contribution in [-0.4, -0.2) is 18.1 Å². The van der Waals surface area contributed by atoms with Crippen molar-refractivity contribution in [3.05, 3.63) is 0 Å². The van der Waals surface area contributed by atoms with Crippen molar-refractivity contribution in [2.45, 2.75) is 63.1 Å². The minimum atomic E-state index is -2.80. The van der Waals surface area contributed by atoms with Gasteiger partial charge in [0.2, 0.25) is 7.37 Å². The van der Waals surface area contributed by atoms with Gasteiger partial charge < -0.3 is 9.26 Å². The van der Waals surface area contributed by atoms with E-state index >= 15 is 0 Å². The standard InChI is InChI=1S/C14H22NO3P/c15-9-17-10-19(16)14-8-4-2-6-12(14)11-5-1-3-7-13(11)18-19/h11-14H,1-8,10H2. The summed E-state index contributed by atoms with van der Waals surface area (Å²) in [5.41, 5.74) is 0.147. The van der Waals surface area contributed by atoms with Gasteiger partial charge in [-0.2, -0.15) is 5.26 Å². The van der Waals surface area contributed by atoms with Crippen LogP contribution in [0.15, 0.2) is 0 Å². The third-order valence-electron chi connectivity index (χ3n) is 5.21. The van der Waals surface area contributed by atoms with Crippen molar-refractivity contribution in [1.82, 2.24) is 0 Å². The molecule has 3 fully saturated rings. The van der Waals surface area contributed by atoms with Gasteiger partial charge in [-0.1, -0.05) is 25.7 Å². The lowest BCUT2D eigenvalue weighted by molar-refractivity contribution is 0.0134. The number of nitrogens with zero attached hydrogens (tertiary/aromatic N) is 1. The van der Waals surface area contributed by atoms with Crippen molar-refractivity contribution < 1.29 is 13.8 Å². The second kappa shape index (κ2) is 5.46. The summed E-state index contributed by atoms with van der Waals surface area (Å²) in [7, 11) is -2.80. The Morgan fingerprint density at radius 2 is 1.79 bits per heavy atom. The fraction of sp³-hybridized carbons (Fsp3) is 0.929. The molecule has 0 radical (unpaired) electrons. The molecule has 0 aromatic heterocycles. The first-order valence-electron chi connectivity index (χ1n) is 7.52. The topological polar surface area (TPSA) is 59.3 Å². The molecule has 0 N–H and O–H groups in total. The average molecular weight is 283 g/mol. The van der Waals surface area contributed by atoms with Crippen LogP contribution in [0.3, 0.4) is 0 Å². The van der Waals surface area contributed by atoms with E-state index in [1.165, 1.54) is 32.1 Å². The highest BCUT2D eigenvalue weighted by molar-refractivity contribution is 7.59. The fourth-order valence-corrected chi connectivity index (χ4v) is 7.32. The summed E-state index contributed by atoms with van der Waals surface area (Å²) in [5.74, 6) is 1.14. The van der Waals surface area contributed by atoms with Crippen LogP contribution in [0.5, 0.6) is 0 Å². The summed E-state index contributed by atoms with van der Waals surface area (Å²) in [4.78, 5) is 0. The highest BCUT2D eigenvalue weighted by Crippen LogP contribution is 2.66. The fourth-order valence-electron chi connectivity index (χ4n) is 4.43. The maximum absolute atomic E-state index is 13.1. The predicted molar refractivity (Wildman–Crippen MR) is 71.7 cm³/mol. The molecule has 1 aliphatic heterocycles. The molecule has 2 saturated carbocycles. The summed E-state index contributed by atoms with van der Waals surface area (Å²) in [6, 6.07) is 0. The lowest BCUT2D eigenvalue weighted by atomic mass is 9.71. The van der Waals surface area contributed by atoms with Crippen LogP contribution in [0.25, 0.3) is 0 Å². The Morgan fingerprint density at radius 3 is 2.58 bits per heavy atom. The third-order valence-corrected chi connectivity index (χ3v) is 7.98. The second-order valence-electron chi connectivity index (χ2n) is 6.20. The molecule has 5 heteroatoms. The van der Waals surface area contributed by atoms with Crippen LogP contribution in [-0.2, 0) is 13.8 Å². The van der Waals surface area contributed by atoms with Gasteiger partial charge in [0.05, 0.1) is 6.10 Å². The van der Waals surface area contributed by atoms with Gasteiger partial charge in [-0.15, -0.1) is 0 Å². The lowest BCUT2D eigenvalue weighted by Gasteiger charge is -2.50. The maximum atomic E-state index is 13.1. The molecule has 2 aliphatic carbocycles. The Bertz CT molecular complexity index is 419. The van der Waals surface area contributed by atoms with E-state index in [2.05, 4.69) is 0 Å². The van der Waals surface area contributed by atoms with Crippen molar-refractivity contribution in [2.75, 3.05) is 6.35 Å². The van der Waals surface area contributed by atoms with Crippen molar-refractivity contribution in [3.8, 4) is 6.26 Å². The van der Waals surface area contributed by atoms with Crippen molar-refractivity contribution in [1.29, 1.82) is 5.26 Å². The number of hydrogen-bond acceptors (Lipinski definition) is 4. The van der Waals surface area contributed by atoms with Crippen LogP contribution < -0.4 is 0 Å². The van der Waals surface area contributed by atoms with Crippen LogP contribution >= 0.6 is 7.37 Å². The maximum Gasteiger partial charge on any atom is 0.286 e. The molecule has 5 unspecified atom stereocenters. The molecule has 0 bridgehead atoms. The second-order valence-corrected chi connectivity index (χ2v) is 8.78. The van der Waals surface area contributed by atoms with E-state index in [-0.39, 0.29) is 18.1 Å². The van der Waals surface area contributed by atoms with Gasteiger partial charge in [-0.25, -0.2) is 0 Å². The molecule has 0 aromatic rings. The monoisotopic (exact) mass is 283 g/mol. The first-order valence-corrected chi connectivity index (χ1v) is 9.40. The zero-order valence-corrected chi connectivity index (χ0v) is 12.2. The van der Waals surface area contributed by atoms with Crippen molar-refractivity contribution in [2.24, 2.45) is 11.8 Å². The minimum Gasteiger partial charge on any atom is -0.417 e. The van der Waals surface area contributed by atoms with Crippen LogP contribution in [0.4, 0.5) is 0 Å². The normalized spacial score (nSPS) is 45.6. The predicted octanol–water partition coefficient (Wildman–Crippen LogP) is 3.87. The quantitative estimate of drug-likeness (QED) is 0.570. The summed E-state index contributed by atoms with van der Waals surface area (Å²) < 4.78 is 24.0. The molecule has 4 nitrogen and oxygen atoms in total. The summed E-state index contributed by atoms with van der Waals surface area (Å²) in [6.45, 7) is 0. The molecule has 106 valence electrons. The van der Waals surface area contributed by atoms with Crippen molar-refractivity contribution in [3.63, 3.8) is 0 Å². The highest BCUT2D eigenvalue weighted by atomic mass is 31.2. The number of nitriles is 1. The molecular weight excluding hydrogens is 261 g/mol. The van der Waals surface area contributed by atoms with Crippen molar-refractivity contribution >= 4 is 7.37 Å². The summed E-state index contributed by atoms with van der Waals surface area (Å²) in [5, 5.41) is 8.59. The molecular formula is C14H22NO3P. The van der Waals surface area contributed by atoms with Crippen LogP contribution in [0.2, 0.25) is 0 Å². The highest BCUT2D eigenvalue weighted by Gasteiger charge is 2.52. The van der Waals surface area contributed by atoms with E-state index in [1.54, 1.807) is 6.26 Å². The Labute approximate surface area is 114 Å². The Balaban J connectivity index is 1.85. The SMILES string of the molecule is N#COCP1(=O)OC2CCCCC2C2CCCCC21. The van der Waals surface area contributed by atoms with Crippen LogP contribution in [0, 0.1) is 23.4 Å². The Morgan fingerprint density at radius 1 is 1.11 bits per heavy atom. The first kappa shape index (κ1) is 13.5. The first-order chi connectivity index (χ1) is 9.24. The minimum absolute atomic E-state index is 0.00606.